The van der Waals surface area contributed by atoms with Gasteiger partial charge in [0.15, 0.2) is 0 Å². The minimum atomic E-state index is -0.455. The molecule has 1 atom stereocenters. The molecule has 0 aromatic carbocycles. The number of carbonyl (C=O) groups is 2. The molecule has 0 bridgehead atoms. The van der Waals surface area contributed by atoms with Gasteiger partial charge in [-0.3, -0.25) is 14.6 Å². The molecule has 2 heterocycles. The minimum Gasteiger partial charge on any atom is -0.345 e. The van der Waals surface area contributed by atoms with E-state index >= 15 is 0 Å². The average Bonchev–Trinajstić information content (AvgIpc) is 2.53. The molecule has 0 spiro atoms. The number of hydrogen-bond donors (Lipinski definition) is 1. The molecule has 1 N–H and O–H groups in total. The highest BCUT2D eigenvalue weighted by Crippen LogP contribution is 2.12. The number of aromatic nitrogens is 1. The second-order valence-corrected chi connectivity index (χ2v) is 4.76. The maximum atomic E-state index is 12.2. The number of nitrogens with one attached hydrogen (secondary N) is 1. The molecule has 1 unspecified atom stereocenters. The molecule has 1 saturated heterocycles. The first-order valence-corrected chi connectivity index (χ1v) is 6.62. The van der Waals surface area contributed by atoms with Crippen LogP contribution in [0.4, 0.5) is 0 Å². The predicted molar refractivity (Wildman–Crippen MR) is 71.3 cm³/mol. The zero-order valence-electron chi connectivity index (χ0n) is 11.3. The van der Waals surface area contributed by atoms with Crippen molar-refractivity contribution in [1.82, 2.24) is 15.2 Å². The first-order chi connectivity index (χ1) is 9.11. The Morgan fingerprint density at radius 1 is 1.47 bits per heavy atom. The Kier molecular flexibility index (Phi) is 4.14. The van der Waals surface area contributed by atoms with Crippen LogP contribution < -0.4 is 5.32 Å². The Balaban J connectivity index is 2.17. The van der Waals surface area contributed by atoms with Gasteiger partial charge in [-0.1, -0.05) is 13.0 Å². The van der Waals surface area contributed by atoms with Gasteiger partial charge in [0.05, 0.1) is 12.2 Å². The Morgan fingerprint density at radius 2 is 2.26 bits per heavy atom. The fourth-order valence-electron chi connectivity index (χ4n) is 2.27. The maximum absolute atomic E-state index is 12.2. The van der Waals surface area contributed by atoms with E-state index in [2.05, 4.69) is 17.2 Å². The Hall–Kier alpha value is -1.91. The molecular weight excluding hydrogens is 242 g/mol. The maximum Gasteiger partial charge on any atom is 0.245 e. The fourth-order valence-corrected chi connectivity index (χ4v) is 2.27. The minimum absolute atomic E-state index is 0.0430. The van der Waals surface area contributed by atoms with E-state index in [1.165, 1.54) is 0 Å². The third-order valence-electron chi connectivity index (χ3n) is 3.37. The predicted octanol–water partition coefficient (Wildman–Crippen LogP) is 0.881. The topological polar surface area (TPSA) is 62.3 Å². The number of rotatable bonds is 3. The summed E-state index contributed by atoms with van der Waals surface area (Å²) in [5.41, 5.74) is 2.06. The van der Waals surface area contributed by atoms with Crippen LogP contribution in [0.2, 0.25) is 0 Å². The summed E-state index contributed by atoms with van der Waals surface area (Å²) < 4.78 is 0. The van der Waals surface area contributed by atoms with Crippen LogP contribution >= 0.6 is 0 Å². The van der Waals surface area contributed by atoms with Crippen molar-refractivity contribution >= 4 is 11.8 Å². The van der Waals surface area contributed by atoms with Crippen LogP contribution in [-0.2, 0) is 22.6 Å². The molecule has 1 fully saturated rings. The summed E-state index contributed by atoms with van der Waals surface area (Å²) in [5, 5.41) is 2.69. The van der Waals surface area contributed by atoms with E-state index in [0.29, 0.717) is 19.5 Å². The first-order valence-electron chi connectivity index (χ1n) is 6.62. The van der Waals surface area contributed by atoms with Gasteiger partial charge in [0.1, 0.15) is 6.04 Å². The highest BCUT2D eigenvalue weighted by molar-refractivity contribution is 5.89. The van der Waals surface area contributed by atoms with Crippen LogP contribution in [0.3, 0.4) is 0 Å². The van der Waals surface area contributed by atoms with Crippen molar-refractivity contribution in [3.05, 3.63) is 29.6 Å². The second kappa shape index (κ2) is 5.82. The summed E-state index contributed by atoms with van der Waals surface area (Å²) in [6.45, 7) is 4.72. The quantitative estimate of drug-likeness (QED) is 0.878. The van der Waals surface area contributed by atoms with Crippen molar-refractivity contribution in [3.63, 3.8) is 0 Å². The highest BCUT2D eigenvalue weighted by atomic mass is 16.2. The summed E-state index contributed by atoms with van der Waals surface area (Å²) in [6, 6.07) is 3.47. The van der Waals surface area contributed by atoms with Gasteiger partial charge in [-0.2, -0.15) is 0 Å². The molecule has 1 aliphatic rings. The Morgan fingerprint density at radius 3 is 3.00 bits per heavy atom. The summed E-state index contributed by atoms with van der Waals surface area (Å²) >= 11 is 0. The number of carbonyl (C=O) groups excluding carboxylic acids is 2. The van der Waals surface area contributed by atoms with Crippen molar-refractivity contribution in [1.29, 1.82) is 0 Å². The van der Waals surface area contributed by atoms with E-state index in [1.54, 1.807) is 18.0 Å². The second-order valence-electron chi connectivity index (χ2n) is 4.76. The molecule has 5 heteroatoms. The molecule has 2 amide bonds. The Bertz CT molecular complexity index is 487. The van der Waals surface area contributed by atoms with E-state index in [4.69, 9.17) is 0 Å². The standard InChI is InChI=1S/C14H19N3O2/c1-3-11-5-4-7-15-12(11)9-17-8-6-13(18)16-10(2)14(17)19/h4-5,7,10H,3,6,8-9H2,1-2H3,(H,16,18). The van der Waals surface area contributed by atoms with E-state index in [0.717, 1.165) is 17.7 Å². The van der Waals surface area contributed by atoms with Crippen LogP contribution in [0.15, 0.2) is 18.3 Å². The summed E-state index contributed by atoms with van der Waals surface area (Å²) in [7, 11) is 0. The normalized spacial score (nSPS) is 20.1. The van der Waals surface area contributed by atoms with Crippen molar-refractivity contribution in [2.45, 2.75) is 39.3 Å². The molecule has 0 radical (unpaired) electrons. The van der Waals surface area contributed by atoms with Crippen molar-refractivity contribution in [2.24, 2.45) is 0 Å². The van der Waals surface area contributed by atoms with Gasteiger partial charge in [0.25, 0.3) is 0 Å². The first kappa shape index (κ1) is 13.5. The van der Waals surface area contributed by atoms with Crippen molar-refractivity contribution in [2.75, 3.05) is 6.54 Å². The lowest BCUT2D eigenvalue weighted by Crippen LogP contribution is -2.42. The summed E-state index contributed by atoms with van der Waals surface area (Å²) in [5.74, 6) is -0.112. The third-order valence-corrected chi connectivity index (χ3v) is 3.37. The highest BCUT2D eigenvalue weighted by Gasteiger charge is 2.26. The lowest BCUT2D eigenvalue weighted by molar-refractivity contribution is -0.133. The van der Waals surface area contributed by atoms with Crippen LogP contribution in [0.5, 0.6) is 0 Å². The van der Waals surface area contributed by atoms with E-state index in [1.807, 2.05) is 12.1 Å². The van der Waals surface area contributed by atoms with Gasteiger partial charge in [-0.25, -0.2) is 0 Å². The third kappa shape index (κ3) is 3.10. The zero-order chi connectivity index (χ0) is 13.8. The largest absolute Gasteiger partial charge is 0.345 e. The smallest absolute Gasteiger partial charge is 0.245 e. The lowest BCUT2D eigenvalue weighted by Gasteiger charge is -2.22. The molecule has 1 aliphatic heterocycles. The van der Waals surface area contributed by atoms with E-state index in [-0.39, 0.29) is 11.8 Å². The van der Waals surface area contributed by atoms with Crippen LogP contribution in [0.1, 0.15) is 31.5 Å². The van der Waals surface area contributed by atoms with Crippen LogP contribution in [-0.4, -0.2) is 34.3 Å². The zero-order valence-corrected chi connectivity index (χ0v) is 11.3. The molecule has 0 saturated carbocycles. The van der Waals surface area contributed by atoms with Crippen LogP contribution in [0.25, 0.3) is 0 Å². The molecule has 1 aromatic rings. The van der Waals surface area contributed by atoms with Crippen molar-refractivity contribution in [3.8, 4) is 0 Å². The van der Waals surface area contributed by atoms with Gasteiger partial charge in [-0.05, 0) is 25.0 Å². The molecule has 5 nitrogen and oxygen atoms in total. The number of pyridine rings is 1. The monoisotopic (exact) mass is 261 g/mol. The number of nitrogens with zero attached hydrogens (tertiary/aromatic N) is 2. The van der Waals surface area contributed by atoms with Gasteiger partial charge in [0.2, 0.25) is 11.8 Å². The van der Waals surface area contributed by atoms with Gasteiger partial charge < -0.3 is 10.2 Å². The Labute approximate surface area is 113 Å². The number of aryl methyl sites for hydroxylation is 1. The lowest BCUT2D eigenvalue weighted by atomic mass is 10.1. The SMILES string of the molecule is CCc1cccnc1CN1CCC(=O)NC(C)C1=O. The average molecular weight is 261 g/mol. The number of amides is 2. The number of hydrogen-bond acceptors (Lipinski definition) is 3. The van der Waals surface area contributed by atoms with Gasteiger partial charge in [-0.15, -0.1) is 0 Å². The van der Waals surface area contributed by atoms with Crippen LogP contribution in [0, 0.1) is 0 Å². The molecule has 19 heavy (non-hydrogen) atoms. The molecule has 1 aromatic heterocycles. The molecular formula is C14H19N3O2. The summed E-state index contributed by atoms with van der Waals surface area (Å²) in [6.07, 6.45) is 2.98. The molecule has 2 rings (SSSR count). The van der Waals surface area contributed by atoms with Gasteiger partial charge >= 0.3 is 0 Å². The summed E-state index contributed by atoms with van der Waals surface area (Å²) in [4.78, 5) is 29.7. The fraction of sp³-hybridized carbons (Fsp3) is 0.500. The van der Waals surface area contributed by atoms with E-state index in [9.17, 15) is 9.59 Å². The molecule has 102 valence electrons. The van der Waals surface area contributed by atoms with Gasteiger partial charge in [0, 0.05) is 19.2 Å². The van der Waals surface area contributed by atoms with E-state index < -0.39 is 6.04 Å². The van der Waals surface area contributed by atoms with Crippen molar-refractivity contribution < 1.29 is 9.59 Å². The molecule has 0 aliphatic carbocycles.